The normalized spacial score (nSPS) is 23.5. The number of anilines is 1. The highest BCUT2D eigenvalue weighted by Crippen LogP contribution is 2.43. The van der Waals surface area contributed by atoms with Crippen molar-refractivity contribution < 1.29 is 14.3 Å². The molecule has 1 aliphatic carbocycles. The van der Waals surface area contributed by atoms with E-state index in [1.165, 1.54) is 6.42 Å². The van der Waals surface area contributed by atoms with Gasteiger partial charge in [0.05, 0.1) is 12.2 Å². The van der Waals surface area contributed by atoms with Gasteiger partial charge in [0.1, 0.15) is 6.10 Å². The van der Waals surface area contributed by atoms with Crippen molar-refractivity contribution >= 4 is 11.7 Å². The van der Waals surface area contributed by atoms with Gasteiger partial charge < -0.3 is 15.2 Å². The van der Waals surface area contributed by atoms with E-state index in [1.807, 2.05) is 24.3 Å². The molecule has 4 nitrogen and oxygen atoms in total. The molecule has 1 saturated heterocycles. The highest BCUT2D eigenvalue weighted by atomic mass is 16.6. The van der Waals surface area contributed by atoms with E-state index in [1.54, 1.807) is 0 Å². The maximum atomic E-state index is 12.0. The SMILES string of the molecule is Nc1cccc(CCC(=O)OC2CCOC3(CCC3)C2)c1. The van der Waals surface area contributed by atoms with E-state index in [-0.39, 0.29) is 17.7 Å². The molecule has 1 atom stereocenters. The van der Waals surface area contributed by atoms with Gasteiger partial charge >= 0.3 is 5.97 Å². The van der Waals surface area contributed by atoms with E-state index >= 15 is 0 Å². The van der Waals surface area contributed by atoms with Gasteiger partial charge in [-0.25, -0.2) is 0 Å². The van der Waals surface area contributed by atoms with Crippen LogP contribution in [0.25, 0.3) is 0 Å². The Morgan fingerprint density at radius 3 is 3.00 bits per heavy atom. The first-order valence-corrected chi connectivity index (χ1v) is 7.83. The van der Waals surface area contributed by atoms with Crippen molar-refractivity contribution in [2.45, 2.75) is 56.7 Å². The fourth-order valence-electron chi connectivity index (χ4n) is 3.24. The van der Waals surface area contributed by atoms with Crippen LogP contribution in [-0.2, 0) is 20.7 Å². The molecule has 1 aliphatic heterocycles. The smallest absolute Gasteiger partial charge is 0.306 e. The van der Waals surface area contributed by atoms with E-state index in [2.05, 4.69) is 0 Å². The van der Waals surface area contributed by atoms with Gasteiger partial charge in [-0.15, -0.1) is 0 Å². The third-order valence-electron chi connectivity index (χ3n) is 4.58. The standard InChI is InChI=1S/C17H23NO3/c18-14-4-1-3-13(11-14)5-6-16(19)21-15-7-10-20-17(12-15)8-2-9-17/h1,3-4,11,15H,2,5-10,12,18H2. The van der Waals surface area contributed by atoms with Gasteiger partial charge in [0, 0.05) is 24.9 Å². The number of hydrogen-bond donors (Lipinski definition) is 1. The van der Waals surface area contributed by atoms with Crippen molar-refractivity contribution in [1.29, 1.82) is 0 Å². The number of carbonyl (C=O) groups excluding carboxylic acids is 1. The van der Waals surface area contributed by atoms with Crippen LogP contribution in [-0.4, -0.2) is 24.3 Å². The minimum atomic E-state index is -0.112. The molecule has 2 aliphatic rings. The maximum Gasteiger partial charge on any atom is 0.306 e. The summed E-state index contributed by atoms with van der Waals surface area (Å²) in [4.78, 5) is 12.0. The monoisotopic (exact) mass is 289 g/mol. The summed E-state index contributed by atoms with van der Waals surface area (Å²) in [5.74, 6) is -0.112. The number of carbonyl (C=O) groups is 1. The summed E-state index contributed by atoms with van der Waals surface area (Å²) in [5.41, 5.74) is 7.57. The summed E-state index contributed by atoms with van der Waals surface area (Å²) >= 11 is 0. The van der Waals surface area contributed by atoms with Crippen molar-refractivity contribution in [2.24, 2.45) is 0 Å². The van der Waals surface area contributed by atoms with Crippen LogP contribution >= 0.6 is 0 Å². The average Bonchev–Trinajstić information content (AvgIpc) is 2.44. The van der Waals surface area contributed by atoms with Gasteiger partial charge in [0.15, 0.2) is 0 Å². The highest BCUT2D eigenvalue weighted by Gasteiger charge is 2.43. The van der Waals surface area contributed by atoms with Crippen LogP contribution < -0.4 is 5.73 Å². The summed E-state index contributed by atoms with van der Waals surface area (Å²) in [6, 6.07) is 7.66. The van der Waals surface area contributed by atoms with E-state index in [9.17, 15) is 4.79 Å². The summed E-state index contributed by atoms with van der Waals surface area (Å²) < 4.78 is 11.5. The van der Waals surface area contributed by atoms with Gasteiger partial charge in [0.2, 0.25) is 0 Å². The zero-order chi connectivity index (χ0) is 14.7. The third-order valence-corrected chi connectivity index (χ3v) is 4.58. The zero-order valence-corrected chi connectivity index (χ0v) is 12.3. The van der Waals surface area contributed by atoms with Crippen LogP contribution in [0.15, 0.2) is 24.3 Å². The molecule has 1 unspecified atom stereocenters. The fourth-order valence-corrected chi connectivity index (χ4v) is 3.24. The van der Waals surface area contributed by atoms with Gasteiger partial charge in [-0.05, 0) is 43.4 Å². The predicted octanol–water partition coefficient (Wildman–Crippen LogP) is 2.85. The van der Waals surface area contributed by atoms with Crippen LogP contribution in [0.1, 0.15) is 44.1 Å². The third kappa shape index (κ3) is 3.56. The second kappa shape index (κ2) is 6.06. The van der Waals surface area contributed by atoms with Crippen LogP contribution in [0, 0.1) is 0 Å². The Morgan fingerprint density at radius 2 is 2.29 bits per heavy atom. The van der Waals surface area contributed by atoms with Crippen molar-refractivity contribution in [3.8, 4) is 0 Å². The molecule has 2 N–H and O–H groups in total. The molecule has 0 bridgehead atoms. The number of nitrogens with two attached hydrogens (primary N) is 1. The largest absolute Gasteiger partial charge is 0.462 e. The molecule has 0 aromatic heterocycles. The molecule has 1 saturated carbocycles. The van der Waals surface area contributed by atoms with E-state index in [4.69, 9.17) is 15.2 Å². The summed E-state index contributed by atoms with van der Waals surface area (Å²) in [5, 5.41) is 0. The lowest BCUT2D eigenvalue weighted by atomic mass is 9.74. The van der Waals surface area contributed by atoms with Gasteiger partial charge in [-0.1, -0.05) is 12.1 Å². The van der Waals surface area contributed by atoms with Crippen molar-refractivity contribution in [3.05, 3.63) is 29.8 Å². The Balaban J connectivity index is 1.45. The molecule has 21 heavy (non-hydrogen) atoms. The van der Waals surface area contributed by atoms with E-state index in [0.717, 1.165) is 36.9 Å². The molecular formula is C17H23NO3. The van der Waals surface area contributed by atoms with Crippen molar-refractivity contribution in [1.82, 2.24) is 0 Å². The van der Waals surface area contributed by atoms with Crippen molar-refractivity contribution in [3.63, 3.8) is 0 Å². The number of ether oxygens (including phenoxy) is 2. The number of aryl methyl sites for hydroxylation is 1. The molecule has 2 fully saturated rings. The number of rotatable bonds is 4. The quantitative estimate of drug-likeness (QED) is 0.684. The van der Waals surface area contributed by atoms with Gasteiger partial charge in [-0.3, -0.25) is 4.79 Å². The first-order valence-electron chi connectivity index (χ1n) is 7.83. The highest BCUT2D eigenvalue weighted by molar-refractivity contribution is 5.70. The Bertz CT molecular complexity index is 511. The molecule has 0 radical (unpaired) electrons. The van der Waals surface area contributed by atoms with E-state index in [0.29, 0.717) is 19.4 Å². The number of esters is 1. The van der Waals surface area contributed by atoms with E-state index < -0.39 is 0 Å². The molecule has 1 aromatic carbocycles. The molecule has 114 valence electrons. The Kier molecular flexibility index (Phi) is 4.15. The Morgan fingerprint density at radius 1 is 1.43 bits per heavy atom. The van der Waals surface area contributed by atoms with Gasteiger partial charge in [-0.2, -0.15) is 0 Å². The predicted molar refractivity (Wildman–Crippen MR) is 80.8 cm³/mol. The minimum Gasteiger partial charge on any atom is -0.462 e. The zero-order valence-electron chi connectivity index (χ0n) is 12.3. The molecular weight excluding hydrogens is 266 g/mol. The number of hydrogen-bond acceptors (Lipinski definition) is 4. The van der Waals surface area contributed by atoms with Crippen LogP contribution in [0.5, 0.6) is 0 Å². The Hall–Kier alpha value is -1.55. The number of benzene rings is 1. The number of nitrogen functional groups attached to an aromatic ring is 1. The second-order valence-corrected chi connectivity index (χ2v) is 6.23. The molecule has 4 heteroatoms. The molecule has 1 spiro atoms. The second-order valence-electron chi connectivity index (χ2n) is 6.23. The van der Waals surface area contributed by atoms with Crippen LogP contribution in [0.2, 0.25) is 0 Å². The topological polar surface area (TPSA) is 61.6 Å². The summed E-state index contributed by atoms with van der Waals surface area (Å²) in [6.45, 7) is 0.715. The van der Waals surface area contributed by atoms with Crippen molar-refractivity contribution in [2.75, 3.05) is 12.3 Å². The van der Waals surface area contributed by atoms with Gasteiger partial charge in [0.25, 0.3) is 0 Å². The Labute approximate surface area is 125 Å². The fraction of sp³-hybridized carbons (Fsp3) is 0.588. The molecule has 1 heterocycles. The lowest BCUT2D eigenvalue weighted by Gasteiger charge is -2.46. The van der Waals surface area contributed by atoms with Crippen LogP contribution in [0.4, 0.5) is 5.69 Å². The summed E-state index contributed by atoms with van der Waals surface area (Å²) in [6.07, 6.45) is 6.28. The molecule has 1 aromatic rings. The molecule has 0 amide bonds. The average molecular weight is 289 g/mol. The first-order chi connectivity index (χ1) is 10.2. The lowest BCUT2D eigenvalue weighted by molar-refractivity contribution is -0.180. The molecule has 3 rings (SSSR count). The minimum absolute atomic E-state index is 0.0249. The lowest BCUT2D eigenvalue weighted by Crippen LogP contribution is -2.48. The summed E-state index contributed by atoms with van der Waals surface area (Å²) in [7, 11) is 0. The van der Waals surface area contributed by atoms with Crippen LogP contribution in [0.3, 0.4) is 0 Å². The first kappa shape index (κ1) is 14.4. The maximum absolute atomic E-state index is 12.0.